The van der Waals surface area contributed by atoms with Crippen molar-refractivity contribution in [3.05, 3.63) is 34.6 Å². The molecule has 1 heterocycles. The second kappa shape index (κ2) is 3.00. The van der Waals surface area contributed by atoms with Gasteiger partial charge in [-0.25, -0.2) is 4.39 Å². The van der Waals surface area contributed by atoms with E-state index in [0.29, 0.717) is 17.0 Å². The number of halogens is 2. The number of hydrogen-bond donors (Lipinski definition) is 1. The monoisotopic (exact) mass is 199 g/mol. The molecule has 1 aromatic rings. The van der Waals surface area contributed by atoms with Gasteiger partial charge in [0.2, 0.25) is 5.91 Å². The molecule has 1 aromatic carbocycles. The van der Waals surface area contributed by atoms with E-state index >= 15 is 0 Å². The summed E-state index contributed by atoms with van der Waals surface area (Å²) in [6.45, 7) is 0. The minimum Gasteiger partial charge on any atom is -0.349 e. The summed E-state index contributed by atoms with van der Waals surface area (Å²) in [6, 6.07) is 4.13. The maximum atomic E-state index is 13.2. The average molecular weight is 200 g/mol. The summed E-state index contributed by atoms with van der Waals surface area (Å²) in [5.74, 6) is -0.376. The molecule has 1 atom stereocenters. The molecule has 1 saturated heterocycles. The molecule has 1 fully saturated rings. The van der Waals surface area contributed by atoms with Crippen LogP contribution in [0.5, 0.6) is 0 Å². The fourth-order valence-corrected chi connectivity index (χ4v) is 1.51. The Morgan fingerprint density at radius 1 is 1.54 bits per heavy atom. The lowest BCUT2D eigenvalue weighted by atomic mass is 9.97. The molecule has 68 valence electrons. The molecule has 1 unspecified atom stereocenters. The van der Waals surface area contributed by atoms with E-state index in [1.54, 1.807) is 6.07 Å². The van der Waals surface area contributed by atoms with Gasteiger partial charge >= 0.3 is 0 Å². The molecule has 0 radical (unpaired) electrons. The number of carbonyl (C=O) groups excluding carboxylic acids is 1. The van der Waals surface area contributed by atoms with Crippen molar-refractivity contribution in [1.82, 2.24) is 5.32 Å². The van der Waals surface area contributed by atoms with Gasteiger partial charge in [0.1, 0.15) is 5.82 Å². The average Bonchev–Trinajstić information content (AvgIpc) is 2.04. The third-order valence-corrected chi connectivity index (χ3v) is 2.29. The van der Waals surface area contributed by atoms with Crippen LogP contribution in [0.15, 0.2) is 18.2 Å². The Bertz CT molecular complexity index is 359. The van der Waals surface area contributed by atoms with Crippen LogP contribution in [0, 0.1) is 5.82 Å². The van der Waals surface area contributed by atoms with Crippen LogP contribution in [0.2, 0.25) is 5.02 Å². The topological polar surface area (TPSA) is 29.1 Å². The highest BCUT2D eigenvalue weighted by Crippen LogP contribution is 2.28. The molecule has 1 aliphatic heterocycles. The third kappa shape index (κ3) is 1.52. The van der Waals surface area contributed by atoms with Crippen LogP contribution in [-0.4, -0.2) is 5.91 Å². The van der Waals surface area contributed by atoms with Crippen LogP contribution in [-0.2, 0) is 4.79 Å². The van der Waals surface area contributed by atoms with Gasteiger partial charge in [0.05, 0.1) is 12.5 Å². The molecular formula is C9H7ClFNO. The maximum absolute atomic E-state index is 13.2. The van der Waals surface area contributed by atoms with E-state index in [9.17, 15) is 9.18 Å². The molecule has 1 aliphatic rings. The van der Waals surface area contributed by atoms with E-state index in [1.807, 2.05) is 0 Å². The van der Waals surface area contributed by atoms with Crippen molar-refractivity contribution in [2.24, 2.45) is 0 Å². The van der Waals surface area contributed by atoms with E-state index in [4.69, 9.17) is 11.6 Å². The normalized spacial score (nSPS) is 20.8. The maximum Gasteiger partial charge on any atom is 0.222 e. The molecule has 1 N–H and O–H groups in total. The number of rotatable bonds is 1. The summed E-state index contributed by atoms with van der Waals surface area (Å²) >= 11 is 5.70. The van der Waals surface area contributed by atoms with E-state index < -0.39 is 0 Å². The van der Waals surface area contributed by atoms with Gasteiger partial charge in [-0.15, -0.1) is 0 Å². The number of hydrogen-bond acceptors (Lipinski definition) is 1. The van der Waals surface area contributed by atoms with E-state index in [-0.39, 0.29) is 17.8 Å². The van der Waals surface area contributed by atoms with Crippen LogP contribution in [0.25, 0.3) is 0 Å². The van der Waals surface area contributed by atoms with Crippen LogP contribution in [0.1, 0.15) is 18.0 Å². The molecule has 2 rings (SSSR count). The van der Waals surface area contributed by atoms with Crippen molar-refractivity contribution in [1.29, 1.82) is 0 Å². The van der Waals surface area contributed by atoms with Crippen LogP contribution in [0.4, 0.5) is 4.39 Å². The van der Waals surface area contributed by atoms with Crippen LogP contribution < -0.4 is 5.32 Å². The summed E-state index contributed by atoms with van der Waals surface area (Å²) in [7, 11) is 0. The first-order valence-electron chi connectivity index (χ1n) is 3.91. The van der Waals surface area contributed by atoms with E-state index in [0.717, 1.165) is 0 Å². The van der Waals surface area contributed by atoms with Crippen LogP contribution >= 0.6 is 11.6 Å². The molecule has 0 aromatic heterocycles. The highest BCUT2D eigenvalue weighted by molar-refractivity contribution is 6.30. The van der Waals surface area contributed by atoms with Crippen LogP contribution in [0.3, 0.4) is 0 Å². The lowest BCUT2D eigenvalue weighted by Crippen LogP contribution is -2.41. The van der Waals surface area contributed by atoms with Gasteiger partial charge in [0, 0.05) is 10.6 Å². The molecule has 2 nitrogen and oxygen atoms in total. The SMILES string of the molecule is O=C1CC(c2cc(Cl)ccc2F)N1. The number of amides is 1. The minimum atomic E-state index is -0.325. The summed E-state index contributed by atoms with van der Waals surface area (Å²) in [5.41, 5.74) is 0.465. The van der Waals surface area contributed by atoms with Gasteiger partial charge in [0.25, 0.3) is 0 Å². The van der Waals surface area contributed by atoms with Gasteiger partial charge in [-0.1, -0.05) is 11.6 Å². The van der Waals surface area contributed by atoms with Gasteiger partial charge in [-0.05, 0) is 18.2 Å². The standard InChI is InChI=1S/C9H7ClFNO/c10-5-1-2-7(11)6(3-5)8-4-9(13)12-8/h1-3,8H,4H2,(H,12,13). The van der Waals surface area contributed by atoms with E-state index in [2.05, 4.69) is 5.32 Å². The molecule has 1 amide bonds. The quantitative estimate of drug-likeness (QED) is 0.689. The molecule has 0 aliphatic carbocycles. The van der Waals surface area contributed by atoms with Gasteiger partial charge in [-0.3, -0.25) is 4.79 Å². The first-order valence-corrected chi connectivity index (χ1v) is 4.29. The second-order valence-electron chi connectivity index (χ2n) is 2.99. The Hall–Kier alpha value is -1.09. The molecular weight excluding hydrogens is 193 g/mol. The zero-order valence-corrected chi connectivity index (χ0v) is 7.44. The molecule has 13 heavy (non-hydrogen) atoms. The van der Waals surface area contributed by atoms with Crippen molar-refractivity contribution in [3.8, 4) is 0 Å². The Balaban J connectivity index is 2.29. The predicted octanol–water partition coefficient (Wildman–Crippen LogP) is 2.04. The Morgan fingerprint density at radius 3 is 2.85 bits per heavy atom. The Kier molecular flexibility index (Phi) is 1.96. The van der Waals surface area contributed by atoms with Gasteiger partial charge < -0.3 is 5.32 Å². The van der Waals surface area contributed by atoms with Crippen molar-refractivity contribution in [3.63, 3.8) is 0 Å². The summed E-state index contributed by atoms with van der Waals surface area (Å²) in [5, 5.41) is 3.07. The fourth-order valence-electron chi connectivity index (χ4n) is 1.33. The Labute approximate surface area is 79.7 Å². The summed E-state index contributed by atoms with van der Waals surface area (Å²) in [6.07, 6.45) is 0.345. The Morgan fingerprint density at radius 2 is 2.23 bits per heavy atom. The van der Waals surface area contributed by atoms with Crippen molar-refractivity contribution >= 4 is 17.5 Å². The highest BCUT2D eigenvalue weighted by atomic mass is 35.5. The molecule has 0 bridgehead atoms. The van der Waals surface area contributed by atoms with Gasteiger partial charge in [0.15, 0.2) is 0 Å². The summed E-state index contributed by atoms with van der Waals surface area (Å²) in [4.78, 5) is 10.6. The lowest BCUT2D eigenvalue weighted by Gasteiger charge is -2.27. The zero-order chi connectivity index (χ0) is 9.42. The summed E-state index contributed by atoms with van der Waals surface area (Å²) < 4.78 is 13.2. The first-order chi connectivity index (χ1) is 6.16. The lowest BCUT2D eigenvalue weighted by molar-refractivity contribution is -0.128. The number of carbonyl (C=O) groups is 1. The molecule has 0 saturated carbocycles. The number of benzene rings is 1. The van der Waals surface area contributed by atoms with Crippen molar-refractivity contribution in [2.45, 2.75) is 12.5 Å². The molecule has 0 spiro atoms. The largest absolute Gasteiger partial charge is 0.349 e. The van der Waals surface area contributed by atoms with E-state index in [1.165, 1.54) is 12.1 Å². The smallest absolute Gasteiger partial charge is 0.222 e. The minimum absolute atomic E-state index is 0.0515. The van der Waals surface area contributed by atoms with Crippen molar-refractivity contribution in [2.75, 3.05) is 0 Å². The molecule has 4 heteroatoms. The highest BCUT2D eigenvalue weighted by Gasteiger charge is 2.28. The third-order valence-electron chi connectivity index (χ3n) is 2.06. The first kappa shape index (κ1) is 8.51. The predicted molar refractivity (Wildman–Crippen MR) is 46.9 cm³/mol. The fraction of sp³-hybridized carbons (Fsp3) is 0.222. The second-order valence-corrected chi connectivity index (χ2v) is 3.43. The van der Waals surface area contributed by atoms with Crippen molar-refractivity contribution < 1.29 is 9.18 Å². The van der Waals surface area contributed by atoms with Gasteiger partial charge in [-0.2, -0.15) is 0 Å². The zero-order valence-electron chi connectivity index (χ0n) is 6.68. The number of β-lactam (4-membered cyclic amide) rings is 1. The number of nitrogens with one attached hydrogen (secondary N) is 1.